The van der Waals surface area contributed by atoms with Gasteiger partial charge < -0.3 is 26.9 Å². The topological polar surface area (TPSA) is 139 Å². The first-order chi connectivity index (χ1) is 14.4. The summed E-state index contributed by atoms with van der Waals surface area (Å²) in [5, 5.41) is 12.6. The predicted octanol–water partition coefficient (Wildman–Crippen LogP) is 2.80. The van der Waals surface area contributed by atoms with Crippen LogP contribution < -0.4 is 32.4 Å². The fourth-order valence-corrected chi connectivity index (χ4v) is 3.37. The number of nitrogens with zero attached hydrogens (tertiary/aromatic N) is 2. The third kappa shape index (κ3) is 4.06. The van der Waals surface area contributed by atoms with Gasteiger partial charge in [-0.2, -0.15) is 0 Å². The summed E-state index contributed by atoms with van der Waals surface area (Å²) in [7, 11) is 0. The van der Waals surface area contributed by atoms with E-state index in [9.17, 15) is 4.39 Å². The second-order valence-corrected chi connectivity index (χ2v) is 6.85. The van der Waals surface area contributed by atoms with Crippen molar-refractivity contribution in [3.8, 4) is 5.75 Å². The number of rotatable bonds is 3. The fourth-order valence-electron chi connectivity index (χ4n) is 3.37. The molecule has 2 bridgehead atoms. The Balaban J connectivity index is 2.29. The summed E-state index contributed by atoms with van der Waals surface area (Å²) >= 11 is 0. The first-order valence-corrected chi connectivity index (χ1v) is 9.54. The molecule has 0 spiro atoms. The lowest BCUT2D eigenvalue weighted by Crippen LogP contribution is -2.33. The van der Waals surface area contributed by atoms with Crippen LogP contribution in [0.2, 0.25) is 0 Å². The zero-order chi connectivity index (χ0) is 21.8. The van der Waals surface area contributed by atoms with Crippen molar-refractivity contribution < 1.29 is 9.13 Å². The molecule has 30 heavy (non-hydrogen) atoms. The highest BCUT2D eigenvalue weighted by Crippen LogP contribution is 2.35. The molecule has 2 heterocycles. The quantitative estimate of drug-likeness (QED) is 0.386. The van der Waals surface area contributed by atoms with Gasteiger partial charge in [0, 0.05) is 48.4 Å². The molecule has 1 atom stereocenters. The second-order valence-electron chi connectivity index (χ2n) is 6.85. The van der Waals surface area contributed by atoms with E-state index in [2.05, 4.69) is 10.3 Å². The van der Waals surface area contributed by atoms with E-state index in [1.54, 1.807) is 25.3 Å². The maximum Gasteiger partial charge on any atom is 0.166 e. The minimum Gasteiger partial charge on any atom is -0.482 e. The monoisotopic (exact) mass is 411 g/mol. The van der Waals surface area contributed by atoms with Crippen molar-refractivity contribution >= 4 is 23.4 Å². The molecule has 0 aliphatic carbocycles. The van der Waals surface area contributed by atoms with E-state index in [0.29, 0.717) is 46.1 Å². The number of fused-ring (bicyclic) bond motifs is 3. The van der Waals surface area contributed by atoms with E-state index < -0.39 is 11.9 Å². The number of nitrogens with two attached hydrogens (primary N) is 3. The summed E-state index contributed by atoms with van der Waals surface area (Å²) in [6, 6.07) is 6.01. The van der Waals surface area contributed by atoms with Crippen LogP contribution >= 0.6 is 0 Å². The van der Waals surface area contributed by atoms with Crippen LogP contribution in [-0.2, 0) is 0 Å². The van der Waals surface area contributed by atoms with Gasteiger partial charge in [-0.05, 0) is 43.7 Å². The Bertz CT molecular complexity index is 1020. The highest BCUT2D eigenvalue weighted by molar-refractivity contribution is 5.90. The third-order valence-corrected chi connectivity index (χ3v) is 4.88. The lowest BCUT2D eigenvalue weighted by atomic mass is 10.0. The standard InChI is InChI=1S/C21H26FN7O/c1-3-27-20-13(9-23)6-16(10-24)29(26)18-5-4-15(22)8-17(18)12(2)30-19-7-14(20)11-28-21(19)25/h4-5,7-12,23,27H,3,6,24,26H2,1-2H3,(H2,25,28)/b16-10-,20-13-,23-9?/t12-/m1/s1. The minimum atomic E-state index is -0.576. The van der Waals surface area contributed by atoms with E-state index in [-0.39, 0.29) is 12.2 Å². The number of ether oxygens (including phenoxy) is 1. The van der Waals surface area contributed by atoms with Gasteiger partial charge in [0.2, 0.25) is 0 Å². The maximum absolute atomic E-state index is 14.0. The Morgan fingerprint density at radius 2 is 2.17 bits per heavy atom. The third-order valence-electron chi connectivity index (χ3n) is 4.88. The van der Waals surface area contributed by atoms with Gasteiger partial charge >= 0.3 is 0 Å². The van der Waals surface area contributed by atoms with Crippen LogP contribution in [0.15, 0.2) is 47.9 Å². The molecule has 0 unspecified atom stereocenters. The average Bonchev–Trinajstić information content (AvgIpc) is 2.74. The molecule has 1 aliphatic rings. The molecule has 1 aromatic carbocycles. The van der Waals surface area contributed by atoms with Crippen molar-refractivity contribution in [2.45, 2.75) is 26.4 Å². The van der Waals surface area contributed by atoms with Gasteiger partial charge in [-0.3, -0.25) is 5.01 Å². The van der Waals surface area contributed by atoms with Gasteiger partial charge in [0.1, 0.15) is 11.9 Å². The van der Waals surface area contributed by atoms with Crippen LogP contribution in [0.3, 0.4) is 0 Å². The molecule has 2 aromatic rings. The predicted molar refractivity (Wildman–Crippen MR) is 117 cm³/mol. The number of hydrogen-bond acceptors (Lipinski definition) is 8. The number of nitrogen functional groups attached to an aromatic ring is 1. The average molecular weight is 411 g/mol. The Labute approximate surface area is 174 Å². The molecule has 8 N–H and O–H groups in total. The molecule has 0 saturated heterocycles. The number of aromatic nitrogens is 1. The van der Waals surface area contributed by atoms with Gasteiger partial charge in [-0.25, -0.2) is 15.2 Å². The molecule has 0 amide bonds. The van der Waals surface area contributed by atoms with Crippen molar-refractivity contribution in [3.63, 3.8) is 0 Å². The van der Waals surface area contributed by atoms with Crippen LogP contribution in [0.5, 0.6) is 5.75 Å². The Hall–Kier alpha value is -3.59. The van der Waals surface area contributed by atoms with Crippen LogP contribution in [0.25, 0.3) is 5.70 Å². The molecule has 158 valence electrons. The van der Waals surface area contributed by atoms with E-state index in [0.717, 1.165) is 0 Å². The van der Waals surface area contributed by atoms with Crippen molar-refractivity contribution in [3.05, 3.63) is 64.9 Å². The van der Waals surface area contributed by atoms with Gasteiger partial charge in [0.05, 0.1) is 11.4 Å². The summed E-state index contributed by atoms with van der Waals surface area (Å²) in [5.41, 5.74) is 15.5. The summed E-state index contributed by atoms with van der Waals surface area (Å²) in [6.07, 6.45) is 3.93. The zero-order valence-electron chi connectivity index (χ0n) is 16.9. The van der Waals surface area contributed by atoms with Crippen LogP contribution in [0.4, 0.5) is 15.9 Å². The molecule has 0 fully saturated rings. The number of benzene rings is 1. The summed E-state index contributed by atoms with van der Waals surface area (Å²) in [4.78, 5) is 4.25. The number of hydrogen-bond donors (Lipinski definition) is 5. The smallest absolute Gasteiger partial charge is 0.166 e. The van der Waals surface area contributed by atoms with Gasteiger partial charge in [-0.15, -0.1) is 0 Å². The van der Waals surface area contributed by atoms with E-state index in [1.165, 1.54) is 29.6 Å². The van der Waals surface area contributed by atoms with E-state index in [4.69, 9.17) is 27.5 Å². The molecule has 1 aliphatic heterocycles. The lowest BCUT2D eigenvalue weighted by molar-refractivity contribution is 0.227. The first-order valence-electron chi connectivity index (χ1n) is 9.54. The van der Waals surface area contributed by atoms with Gasteiger partial charge in [0.25, 0.3) is 0 Å². The van der Waals surface area contributed by atoms with Gasteiger partial charge in [0.15, 0.2) is 11.6 Å². The maximum atomic E-state index is 14.0. The highest BCUT2D eigenvalue weighted by Gasteiger charge is 2.23. The molecule has 0 saturated carbocycles. The largest absolute Gasteiger partial charge is 0.482 e. The highest BCUT2D eigenvalue weighted by atomic mass is 19.1. The van der Waals surface area contributed by atoms with Gasteiger partial charge in [-0.1, -0.05) is 0 Å². The SMILES string of the molecule is CCN/C1=C(\C=N)C/C(=C/N)N(N)c2ccc(F)cc2[C@@H](C)Oc2cc1cnc2N. The number of hydrazine groups is 1. The molecule has 3 rings (SSSR count). The normalized spacial score (nSPS) is 20.6. The molecule has 8 nitrogen and oxygen atoms in total. The summed E-state index contributed by atoms with van der Waals surface area (Å²) < 4.78 is 20.1. The van der Waals surface area contributed by atoms with Crippen molar-refractivity contribution in [2.75, 3.05) is 17.3 Å². The van der Waals surface area contributed by atoms with Crippen molar-refractivity contribution in [1.82, 2.24) is 10.3 Å². The molecule has 1 aromatic heterocycles. The van der Waals surface area contributed by atoms with E-state index >= 15 is 0 Å². The van der Waals surface area contributed by atoms with Crippen LogP contribution in [0, 0.1) is 11.2 Å². The summed E-state index contributed by atoms with van der Waals surface area (Å²) in [5.74, 6) is 6.53. The Morgan fingerprint density at radius 1 is 1.40 bits per heavy atom. The number of halogens is 1. The van der Waals surface area contributed by atoms with Crippen LogP contribution in [0.1, 0.15) is 37.5 Å². The first kappa shape index (κ1) is 21.1. The number of anilines is 2. The second kappa shape index (κ2) is 8.83. The number of allylic oxidation sites excluding steroid dienone is 1. The lowest BCUT2D eigenvalue weighted by Gasteiger charge is -2.28. The Kier molecular flexibility index (Phi) is 6.22. The number of pyridine rings is 1. The molecule has 0 radical (unpaired) electrons. The van der Waals surface area contributed by atoms with Crippen molar-refractivity contribution in [1.29, 1.82) is 5.41 Å². The fraction of sp³-hybridized carbons (Fsp3) is 0.238. The van der Waals surface area contributed by atoms with E-state index in [1.807, 2.05) is 6.92 Å². The Morgan fingerprint density at radius 3 is 2.83 bits per heavy atom. The minimum absolute atomic E-state index is 0.208. The molecular formula is C21H26FN7O. The summed E-state index contributed by atoms with van der Waals surface area (Å²) in [6.45, 7) is 4.36. The van der Waals surface area contributed by atoms with Crippen LogP contribution in [-0.4, -0.2) is 17.7 Å². The molecular weight excluding hydrogens is 385 g/mol. The molecule has 9 heteroatoms. The van der Waals surface area contributed by atoms with Crippen molar-refractivity contribution in [2.24, 2.45) is 11.6 Å². The number of nitrogens with one attached hydrogen (secondary N) is 2. The zero-order valence-corrected chi connectivity index (χ0v) is 16.9.